The Morgan fingerprint density at radius 1 is 1.20 bits per heavy atom. The molecular weight excluding hydrogens is 416 g/mol. The predicted molar refractivity (Wildman–Crippen MR) is 123 cm³/mol. The Morgan fingerprint density at radius 3 is 2.73 bits per heavy atom. The number of thioether (sulfide) groups is 1. The minimum atomic E-state index is 0.0615. The second-order valence-corrected chi connectivity index (χ2v) is 9.77. The van der Waals surface area contributed by atoms with Crippen molar-refractivity contribution in [2.45, 2.75) is 50.2 Å². The Morgan fingerprint density at radius 2 is 2.00 bits per heavy atom. The molecule has 1 aromatic carbocycles. The number of fused-ring (bicyclic) bond motifs is 1. The number of hydrogen-bond acceptors (Lipinski definition) is 7. The first-order valence-electron chi connectivity index (χ1n) is 10.7. The average Bonchev–Trinajstić information content (AvgIpc) is 3.38. The van der Waals surface area contributed by atoms with E-state index in [1.165, 1.54) is 43.9 Å². The standard InChI is InChI=1S/C21H26N6OS2/c1-2-26(20-22-16-8-4-5-9-17(16)30-20)18(28)14-29-21-24-23-19(27(21)15-10-11-15)25-12-6-3-7-13-25/h4-5,8-9,15H,2-3,6-7,10-14H2,1H3. The summed E-state index contributed by atoms with van der Waals surface area (Å²) in [6.07, 6.45) is 6.07. The highest BCUT2D eigenvalue weighted by Gasteiger charge is 2.32. The molecule has 1 aliphatic carbocycles. The monoisotopic (exact) mass is 442 g/mol. The maximum Gasteiger partial charge on any atom is 0.239 e. The normalized spacial score (nSPS) is 16.9. The van der Waals surface area contributed by atoms with E-state index in [1.54, 1.807) is 16.2 Å². The maximum atomic E-state index is 13.0. The fourth-order valence-electron chi connectivity index (χ4n) is 3.93. The Kier molecular flexibility index (Phi) is 5.64. The van der Waals surface area contributed by atoms with Crippen LogP contribution in [0.2, 0.25) is 0 Å². The molecule has 3 aromatic rings. The molecule has 3 heterocycles. The van der Waals surface area contributed by atoms with Gasteiger partial charge >= 0.3 is 0 Å². The number of aromatic nitrogens is 4. The summed E-state index contributed by atoms with van der Waals surface area (Å²) in [7, 11) is 0. The summed E-state index contributed by atoms with van der Waals surface area (Å²) in [6.45, 7) is 4.70. The molecule has 0 N–H and O–H groups in total. The number of amides is 1. The minimum Gasteiger partial charge on any atom is -0.341 e. The van der Waals surface area contributed by atoms with Crippen molar-refractivity contribution in [3.8, 4) is 0 Å². The Bertz CT molecular complexity index is 1000. The summed E-state index contributed by atoms with van der Waals surface area (Å²) >= 11 is 3.07. The van der Waals surface area contributed by atoms with E-state index in [-0.39, 0.29) is 5.91 Å². The van der Waals surface area contributed by atoms with Gasteiger partial charge in [0.15, 0.2) is 10.3 Å². The summed E-state index contributed by atoms with van der Waals surface area (Å²) in [6, 6.07) is 8.50. The number of rotatable bonds is 7. The SMILES string of the molecule is CCN(C(=O)CSc1nnc(N2CCCCC2)n1C1CC1)c1nc2ccccc2s1. The first kappa shape index (κ1) is 19.8. The molecule has 0 bridgehead atoms. The molecule has 9 heteroatoms. The second kappa shape index (κ2) is 8.55. The predicted octanol–water partition coefficient (Wildman–Crippen LogP) is 4.36. The van der Waals surface area contributed by atoms with Crippen molar-refractivity contribution in [2.75, 3.05) is 35.2 Å². The van der Waals surface area contributed by atoms with Crippen molar-refractivity contribution in [1.29, 1.82) is 0 Å². The van der Waals surface area contributed by atoms with Crippen LogP contribution in [0.3, 0.4) is 0 Å². The highest BCUT2D eigenvalue weighted by molar-refractivity contribution is 7.99. The van der Waals surface area contributed by atoms with E-state index in [0.29, 0.717) is 18.3 Å². The number of para-hydroxylation sites is 1. The molecule has 0 atom stereocenters. The average molecular weight is 443 g/mol. The van der Waals surface area contributed by atoms with Gasteiger partial charge in [0.05, 0.1) is 16.0 Å². The molecule has 2 fully saturated rings. The number of piperidine rings is 1. The van der Waals surface area contributed by atoms with Crippen LogP contribution >= 0.6 is 23.1 Å². The molecule has 158 valence electrons. The van der Waals surface area contributed by atoms with Gasteiger partial charge < -0.3 is 4.90 Å². The zero-order valence-electron chi connectivity index (χ0n) is 17.2. The van der Waals surface area contributed by atoms with Crippen molar-refractivity contribution in [1.82, 2.24) is 19.7 Å². The van der Waals surface area contributed by atoms with Crippen LogP contribution in [0.5, 0.6) is 0 Å². The van der Waals surface area contributed by atoms with Crippen LogP contribution in [-0.4, -0.2) is 51.0 Å². The summed E-state index contributed by atoms with van der Waals surface area (Å²) in [5, 5.41) is 10.6. The highest BCUT2D eigenvalue weighted by atomic mass is 32.2. The Balaban J connectivity index is 1.31. The second-order valence-electron chi connectivity index (χ2n) is 7.82. The largest absolute Gasteiger partial charge is 0.341 e. The molecule has 1 aliphatic heterocycles. The van der Waals surface area contributed by atoms with Gasteiger partial charge in [-0.05, 0) is 51.2 Å². The van der Waals surface area contributed by atoms with E-state index in [2.05, 4.69) is 24.6 Å². The molecule has 2 aliphatic rings. The summed E-state index contributed by atoms with van der Waals surface area (Å²) in [5.41, 5.74) is 0.941. The van der Waals surface area contributed by atoms with Gasteiger partial charge in [0.25, 0.3) is 0 Å². The maximum absolute atomic E-state index is 13.0. The van der Waals surface area contributed by atoms with Crippen LogP contribution in [0.4, 0.5) is 11.1 Å². The first-order chi connectivity index (χ1) is 14.7. The summed E-state index contributed by atoms with van der Waals surface area (Å²) in [5.74, 6) is 1.39. The molecule has 5 rings (SSSR count). The van der Waals surface area contributed by atoms with E-state index >= 15 is 0 Å². The van der Waals surface area contributed by atoms with Gasteiger partial charge in [-0.3, -0.25) is 14.3 Å². The van der Waals surface area contributed by atoms with E-state index in [4.69, 9.17) is 0 Å². The van der Waals surface area contributed by atoms with E-state index in [1.807, 2.05) is 31.2 Å². The van der Waals surface area contributed by atoms with Crippen LogP contribution in [0.25, 0.3) is 10.2 Å². The lowest BCUT2D eigenvalue weighted by Crippen LogP contribution is -2.32. The third-order valence-electron chi connectivity index (χ3n) is 5.65. The van der Waals surface area contributed by atoms with Gasteiger partial charge in [-0.25, -0.2) is 4.98 Å². The van der Waals surface area contributed by atoms with Crippen molar-refractivity contribution >= 4 is 50.3 Å². The quantitative estimate of drug-likeness (QED) is 0.507. The number of benzene rings is 1. The lowest BCUT2D eigenvalue weighted by Gasteiger charge is -2.27. The van der Waals surface area contributed by atoms with Gasteiger partial charge in [-0.2, -0.15) is 0 Å². The topological polar surface area (TPSA) is 67.2 Å². The zero-order chi connectivity index (χ0) is 20.5. The van der Waals surface area contributed by atoms with Crippen LogP contribution in [0.1, 0.15) is 45.1 Å². The van der Waals surface area contributed by atoms with E-state index in [9.17, 15) is 4.79 Å². The molecule has 2 aromatic heterocycles. The third-order valence-corrected chi connectivity index (χ3v) is 7.64. The molecular formula is C21H26N6OS2. The zero-order valence-corrected chi connectivity index (χ0v) is 18.8. The van der Waals surface area contributed by atoms with Gasteiger partial charge in [0.2, 0.25) is 11.9 Å². The third kappa shape index (κ3) is 3.92. The Hall–Kier alpha value is -2.13. The number of hydrogen-bond donors (Lipinski definition) is 0. The van der Waals surface area contributed by atoms with Crippen molar-refractivity contribution < 1.29 is 4.79 Å². The molecule has 30 heavy (non-hydrogen) atoms. The van der Waals surface area contributed by atoms with Gasteiger partial charge in [0, 0.05) is 25.7 Å². The molecule has 0 radical (unpaired) electrons. The molecule has 0 unspecified atom stereocenters. The van der Waals surface area contributed by atoms with E-state index < -0.39 is 0 Å². The van der Waals surface area contributed by atoms with Crippen LogP contribution in [0.15, 0.2) is 29.4 Å². The first-order valence-corrected chi connectivity index (χ1v) is 12.5. The lowest BCUT2D eigenvalue weighted by atomic mass is 10.1. The van der Waals surface area contributed by atoms with Gasteiger partial charge in [-0.1, -0.05) is 35.2 Å². The fraction of sp³-hybridized carbons (Fsp3) is 0.524. The summed E-state index contributed by atoms with van der Waals surface area (Å²) < 4.78 is 3.38. The van der Waals surface area contributed by atoms with Gasteiger partial charge in [-0.15, -0.1) is 10.2 Å². The van der Waals surface area contributed by atoms with Crippen molar-refractivity contribution in [3.05, 3.63) is 24.3 Å². The van der Waals surface area contributed by atoms with Crippen LogP contribution < -0.4 is 9.80 Å². The van der Waals surface area contributed by atoms with Crippen LogP contribution in [-0.2, 0) is 4.79 Å². The van der Waals surface area contributed by atoms with Crippen LogP contribution in [0, 0.1) is 0 Å². The smallest absolute Gasteiger partial charge is 0.239 e. The number of carbonyl (C=O) groups excluding carboxylic acids is 1. The molecule has 7 nitrogen and oxygen atoms in total. The number of thiazole rings is 1. The molecule has 0 spiro atoms. The lowest BCUT2D eigenvalue weighted by molar-refractivity contribution is -0.116. The van der Waals surface area contributed by atoms with E-state index in [0.717, 1.165) is 39.5 Å². The highest BCUT2D eigenvalue weighted by Crippen LogP contribution is 2.41. The van der Waals surface area contributed by atoms with Crippen molar-refractivity contribution in [3.63, 3.8) is 0 Å². The van der Waals surface area contributed by atoms with Gasteiger partial charge in [0.1, 0.15) is 0 Å². The van der Waals surface area contributed by atoms with Crippen molar-refractivity contribution in [2.24, 2.45) is 0 Å². The number of nitrogens with zero attached hydrogens (tertiary/aromatic N) is 6. The minimum absolute atomic E-state index is 0.0615. The Labute approximate surface area is 184 Å². The number of carbonyl (C=O) groups is 1. The molecule has 1 saturated carbocycles. The molecule has 1 saturated heterocycles. The number of anilines is 2. The summed E-state index contributed by atoms with van der Waals surface area (Å²) in [4.78, 5) is 21.8. The molecule has 1 amide bonds. The fourth-order valence-corrected chi connectivity index (χ4v) is 5.85.